The summed E-state index contributed by atoms with van der Waals surface area (Å²) in [7, 11) is 0. The van der Waals surface area contributed by atoms with Gasteiger partial charge in [0.1, 0.15) is 5.69 Å². The fraction of sp³-hybridized carbons (Fsp3) is 0.217. The topological polar surface area (TPSA) is 124 Å². The lowest BCUT2D eigenvalue weighted by Gasteiger charge is -2.38. The van der Waals surface area contributed by atoms with Gasteiger partial charge in [0, 0.05) is 37.6 Å². The van der Waals surface area contributed by atoms with Crippen LogP contribution in [-0.4, -0.2) is 43.1 Å². The molecule has 178 valence electrons. The second-order valence-corrected chi connectivity index (χ2v) is 8.68. The van der Waals surface area contributed by atoms with Gasteiger partial charge in [0.05, 0.1) is 27.1 Å². The average Bonchev–Trinajstić information content (AvgIpc) is 3.11. The molecule has 0 aliphatic carbocycles. The number of urea groups is 1. The first-order valence-electron chi connectivity index (χ1n) is 10.6. The first-order chi connectivity index (χ1) is 16.3. The number of benzene rings is 2. The summed E-state index contributed by atoms with van der Waals surface area (Å²) in [6.07, 6.45) is 0. The van der Waals surface area contributed by atoms with Crippen LogP contribution in [0.3, 0.4) is 0 Å². The molecule has 2 aromatic carbocycles. The standard InChI is InChI=1S/C23H25Cl2N7O2/c1-14-19(24)20(25)21(28-14)22(33)29-17-8-7-16(32(27)23(26)34)13-18(17)31-11-9-30(10-12-31)15-5-3-2-4-6-15/h2-8,13,28H,9-12,27H2,1H3,(H2,26,34)(H,29,33). The van der Waals surface area contributed by atoms with Crippen molar-refractivity contribution in [3.63, 3.8) is 0 Å². The second-order valence-electron chi connectivity index (χ2n) is 7.93. The van der Waals surface area contributed by atoms with Crippen molar-refractivity contribution in [2.24, 2.45) is 11.6 Å². The van der Waals surface area contributed by atoms with Crippen molar-refractivity contribution in [1.82, 2.24) is 4.98 Å². The number of hydrogen-bond donors (Lipinski definition) is 4. The summed E-state index contributed by atoms with van der Waals surface area (Å²) in [4.78, 5) is 31.9. The molecule has 2 heterocycles. The molecule has 3 amide bonds. The van der Waals surface area contributed by atoms with Crippen LogP contribution in [0.25, 0.3) is 0 Å². The van der Waals surface area contributed by atoms with Gasteiger partial charge < -0.3 is 25.8 Å². The number of halogens is 2. The molecule has 0 atom stereocenters. The van der Waals surface area contributed by atoms with Gasteiger partial charge >= 0.3 is 6.03 Å². The summed E-state index contributed by atoms with van der Waals surface area (Å²) in [5.74, 6) is 5.39. The minimum absolute atomic E-state index is 0.160. The third kappa shape index (κ3) is 4.77. The average molecular weight is 502 g/mol. The molecule has 34 heavy (non-hydrogen) atoms. The highest BCUT2D eigenvalue weighted by Gasteiger charge is 2.24. The molecule has 0 spiro atoms. The molecule has 9 nitrogen and oxygen atoms in total. The number of amides is 3. The Hall–Kier alpha value is -3.40. The number of aryl methyl sites for hydroxylation is 1. The van der Waals surface area contributed by atoms with E-state index in [0.29, 0.717) is 40.9 Å². The van der Waals surface area contributed by atoms with Crippen LogP contribution >= 0.6 is 23.2 Å². The molecule has 0 unspecified atom stereocenters. The third-order valence-corrected chi connectivity index (χ3v) is 6.71. The van der Waals surface area contributed by atoms with Crippen LogP contribution in [0.15, 0.2) is 48.5 Å². The largest absolute Gasteiger partial charge is 0.368 e. The van der Waals surface area contributed by atoms with E-state index in [1.165, 1.54) is 0 Å². The highest BCUT2D eigenvalue weighted by molar-refractivity contribution is 6.44. The van der Waals surface area contributed by atoms with Crippen LogP contribution in [0, 0.1) is 6.92 Å². The SMILES string of the molecule is Cc1[nH]c(C(=O)Nc2ccc(N(N)C(N)=O)cc2N2CCN(c3ccccc3)CC2)c(Cl)c1Cl. The molecule has 4 rings (SSSR count). The first kappa shape index (κ1) is 23.7. The summed E-state index contributed by atoms with van der Waals surface area (Å²) in [5.41, 5.74) is 8.93. The van der Waals surface area contributed by atoms with Crippen LogP contribution in [0.1, 0.15) is 16.2 Å². The smallest absolute Gasteiger partial charge is 0.333 e. The van der Waals surface area contributed by atoms with E-state index in [-0.39, 0.29) is 10.7 Å². The summed E-state index contributed by atoms with van der Waals surface area (Å²) in [6.45, 7) is 4.67. The van der Waals surface area contributed by atoms with Crippen molar-refractivity contribution < 1.29 is 9.59 Å². The number of primary amides is 1. The molecule has 0 saturated carbocycles. The second kappa shape index (κ2) is 9.84. The van der Waals surface area contributed by atoms with E-state index in [4.69, 9.17) is 34.8 Å². The molecule has 11 heteroatoms. The van der Waals surface area contributed by atoms with E-state index in [0.717, 1.165) is 23.8 Å². The zero-order valence-electron chi connectivity index (χ0n) is 18.5. The van der Waals surface area contributed by atoms with E-state index in [1.807, 2.05) is 18.2 Å². The zero-order chi connectivity index (χ0) is 24.4. The van der Waals surface area contributed by atoms with Crippen molar-refractivity contribution in [2.45, 2.75) is 6.92 Å². The van der Waals surface area contributed by atoms with Gasteiger partial charge in [-0.05, 0) is 37.3 Å². The highest BCUT2D eigenvalue weighted by Crippen LogP contribution is 2.34. The van der Waals surface area contributed by atoms with E-state index < -0.39 is 11.9 Å². The van der Waals surface area contributed by atoms with Crippen LogP contribution < -0.4 is 31.7 Å². The molecule has 6 N–H and O–H groups in total. The summed E-state index contributed by atoms with van der Waals surface area (Å²) in [6, 6.07) is 14.4. The fourth-order valence-corrected chi connectivity index (χ4v) is 4.34. The van der Waals surface area contributed by atoms with Gasteiger partial charge in [0.2, 0.25) is 0 Å². The predicted molar refractivity (Wildman–Crippen MR) is 137 cm³/mol. The molecular weight excluding hydrogens is 477 g/mol. The number of nitrogens with zero attached hydrogens (tertiary/aromatic N) is 3. The number of rotatable bonds is 5. The predicted octanol–water partition coefficient (Wildman–Crippen LogP) is 3.97. The van der Waals surface area contributed by atoms with E-state index in [2.05, 4.69) is 32.2 Å². The van der Waals surface area contributed by atoms with Crippen LogP contribution in [-0.2, 0) is 0 Å². The Morgan fingerprint density at radius 2 is 1.65 bits per heavy atom. The quantitative estimate of drug-likeness (QED) is 0.239. The summed E-state index contributed by atoms with van der Waals surface area (Å²) >= 11 is 12.4. The van der Waals surface area contributed by atoms with Gasteiger partial charge in [-0.2, -0.15) is 0 Å². The molecule has 0 bridgehead atoms. The molecule has 1 aliphatic rings. The van der Waals surface area contributed by atoms with Crippen LogP contribution in [0.4, 0.5) is 27.5 Å². The highest BCUT2D eigenvalue weighted by atomic mass is 35.5. The lowest BCUT2D eigenvalue weighted by molar-refractivity contribution is 0.102. The van der Waals surface area contributed by atoms with Crippen molar-refractivity contribution >= 4 is 57.9 Å². The molecular formula is C23H25Cl2N7O2. The number of carbonyl (C=O) groups is 2. The van der Waals surface area contributed by atoms with Crippen LogP contribution in [0.5, 0.6) is 0 Å². The van der Waals surface area contributed by atoms with Gasteiger partial charge in [-0.1, -0.05) is 41.4 Å². The Morgan fingerprint density at radius 1 is 1.00 bits per heavy atom. The minimum atomic E-state index is -0.792. The maximum atomic E-state index is 13.0. The fourth-order valence-electron chi connectivity index (χ4n) is 3.92. The number of para-hydroxylation sites is 1. The van der Waals surface area contributed by atoms with Crippen molar-refractivity contribution in [3.8, 4) is 0 Å². The lowest BCUT2D eigenvalue weighted by atomic mass is 10.1. The molecule has 3 aromatic rings. The molecule has 1 aromatic heterocycles. The number of aromatic nitrogens is 1. The Bertz CT molecular complexity index is 1210. The lowest BCUT2D eigenvalue weighted by Crippen LogP contribution is -2.47. The minimum Gasteiger partial charge on any atom is -0.368 e. The normalized spacial score (nSPS) is 13.6. The molecule has 1 fully saturated rings. The number of anilines is 4. The number of H-pyrrole nitrogens is 1. The number of piperazine rings is 1. The monoisotopic (exact) mass is 501 g/mol. The molecule has 0 radical (unpaired) electrons. The third-order valence-electron chi connectivity index (χ3n) is 5.77. The number of nitrogens with one attached hydrogen (secondary N) is 2. The van der Waals surface area contributed by atoms with Crippen LogP contribution in [0.2, 0.25) is 10.0 Å². The van der Waals surface area contributed by atoms with E-state index in [9.17, 15) is 9.59 Å². The maximum Gasteiger partial charge on any atom is 0.333 e. The van der Waals surface area contributed by atoms with Gasteiger partial charge in [-0.3, -0.25) is 4.79 Å². The van der Waals surface area contributed by atoms with Gasteiger partial charge in [0.25, 0.3) is 5.91 Å². The maximum absolute atomic E-state index is 13.0. The van der Waals surface area contributed by atoms with Gasteiger partial charge in [0.15, 0.2) is 0 Å². The van der Waals surface area contributed by atoms with Gasteiger partial charge in [-0.15, -0.1) is 0 Å². The number of hydrazine groups is 1. The summed E-state index contributed by atoms with van der Waals surface area (Å²) in [5, 5.41) is 4.23. The number of nitrogens with two attached hydrogens (primary N) is 2. The Kier molecular flexibility index (Phi) is 6.87. The van der Waals surface area contributed by atoms with Crippen molar-refractivity contribution in [3.05, 3.63) is 70.0 Å². The van der Waals surface area contributed by atoms with Crippen molar-refractivity contribution in [1.29, 1.82) is 0 Å². The van der Waals surface area contributed by atoms with Gasteiger partial charge in [-0.25, -0.2) is 15.6 Å². The van der Waals surface area contributed by atoms with E-state index in [1.54, 1.807) is 25.1 Å². The van der Waals surface area contributed by atoms with Crippen molar-refractivity contribution in [2.75, 3.05) is 46.3 Å². The summed E-state index contributed by atoms with van der Waals surface area (Å²) < 4.78 is 0. The first-order valence-corrected chi connectivity index (χ1v) is 11.4. The zero-order valence-corrected chi connectivity index (χ0v) is 20.0. The Labute approximate surface area is 207 Å². The van der Waals surface area contributed by atoms with E-state index >= 15 is 0 Å². The number of hydrogen-bond acceptors (Lipinski definition) is 5. The Balaban J connectivity index is 1.61. The molecule has 1 aliphatic heterocycles. The Morgan fingerprint density at radius 3 is 2.24 bits per heavy atom. The number of aromatic amines is 1. The number of carbonyl (C=O) groups excluding carboxylic acids is 2. The molecule has 1 saturated heterocycles.